The average Bonchev–Trinajstić information content (AvgIpc) is 3.30. The average molecular weight is 366 g/mol. The van der Waals surface area contributed by atoms with Crippen molar-refractivity contribution in [3.05, 3.63) is 16.8 Å². The van der Waals surface area contributed by atoms with Gasteiger partial charge in [0.05, 0.1) is 12.5 Å². The van der Waals surface area contributed by atoms with Gasteiger partial charge in [-0.05, 0) is 6.92 Å². The second-order valence-corrected chi connectivity index (χ2v) is 6.49. The molecule has 1 N–H and O–H groups in total. The lowest BCUT2D eigenvalue weighted by Crippen LogP contribution is -2.32. The van der Waals surface area contributed by atoms with Gasteiger partial charge >= 0.3 is 0 Å². The summed E-state index contributed by atoms with van der Waals surface area (Å²) in [5.41, 5.74) is 0. The van der Waals surface area contributed by atoms with Crippen molar-refractivity contribution in [2.45, 2.75) is 33.4 Å². The summed E-state index contributed by atoms with van der Waals surface area (Å²) in [7, 11) is 0. The summed E-state index contributed by atoms with van der Waals surface area (Å²) in [6, 6.07) is 0. The molecule has 10 nitrogen and oxygen atoms in total. The van der Waals surface area contributed by atoms with Crippen LogP contribution in [0, 0.1) is 12.8 Å². The molecule has 134 valence electrons. The Balaban J connectivity index is 1.56. The van der Waals surface area contributed by atoms with E-state index in [1.54, 1.807) is 6.92 Å². The molecule has 0 spiro atoms. The predicted molar refractivity (Wildman–Crippen MR) is 86.6 cm³/mol. The van der Waals surface area contributed by atoms with Gasteiger partial charge in [0.2, 0.25) is 28.7 Å². The number of nitrogens with zero attached hydrogens (tertiary/aromatic N) is 5. The Labute approximate surface area is 147 Å². The number of aryl methyl sites for hydroxylation is 1. The van der Waals surface area contributed by atoms with Crippen molar-refractivity contribution in [1.82, 2.24) is 25.7 Å². The summed E-state index contributed by atoms with van der Waals surface area (Å²) in [5, 5.41) is 19.4. The molecule has 2 aromatic rings. The van der Waals surface area contributed by atoms with Crippen LogP contribution in [0.2, 0.25) is 0 Å². The van der Waals surface area contributed by atoms with E-state index in [1.807, 2.05) is 6.92 Å². The molecular formula is C14H18N6O4S. The van der Waals surface area contributed by atoms with Gasteiger partial charge < -0.3 is 14.5 Å². The van der Waals surface area contributed by atoms with E-state index in [2.05, 4.69) is 25.7 Å². The van der Waals surface area contributed by atoms with Crippen molar-refractivity contribution in [2.75, 3.05) is 18.1 Å². The summed E-state index contributed by atoms with van der Waals surface area (Å²) in [6.45, 7) is 4.93. The van der Waals surface area contributed by atoms with Crippen molar-refractivity contribution in [3.63, 3.8) is 0 Å². The summed E-state index contributed by atoms with van der Waals surface area (Å²) in [4.78, 5) is 26.0. The van der Waals surface area contributed by atoms with Crippen LogP contribution in [0.15, 0.2) is 4.42 Å². The second-order valence-electron chi connectivity index (χ2n) is 5.45. The number of anilines is 1. The van der Waals surface area contributed by atoms with Crippen LogP contribution in [-0.4, -0.2) is 45.4 Å². The maximum absolute atomic E-state index is 12.3. The van der Waals surface area contributed by atoms with Gasteiger partial charge in [0.25, 0.3) is 0 Å². The molecule has 11 heteroatoms. The number of hydrogen-bond acceptors (Lipinski definition) is 9. The lowest BCUT2D eigenvalue weighted by Gasteiger charge is -2.12. The minimum atomic E-state index is -0.448. The van der Waals surface area contributed by atoms with Crippen molar-refractivity contribution in [3.8, 4) is 0 Å². The van der Waals surface area contributed by atoms with Gasteiger partial charge in [-0.1, -0.05) is 11.3 Å². The Morgan fingerprint density at radius 2 is 2.24 bits per heavy atom. The summed E-state index contributed by atoms with van der Waals surface area (Å²) in [6.07, 6.45) is 0.134. The fourth-order valence-electron chi connectivity index (χ4n) is 2.39. The Morgan fingerprint density at radius 1 is 1.40 bits per heavy atom. The molecule has 3 heterocycles. The van der Waals surface area contributed by atoms with Crippen LogP contribution in [-0.2, 0) is 27.5 Å². The zero-order valence-corrected chi connectivity index (χ0v) is 14.7. The molecule has 3 rings (SSSR count). The summed E-state index contributed by atoms with van der Waals surface area (Å²) >= 11 is 1.29. The first-order chi connectivity index (χ1) is 12.1. The molecule has 1 aliphatic heterocycles. The minimum Gasteiger partial charge on any atom is -0.424 e. The van der Waals surface area contributed by atoms with Gasteiger partial charge in [0.1, 0.15) is 11.6 Å². The molecular weight excluding hydrogens is 348 g/mol. The maximum atomic E-state index is 12.3. The van der Waals surface area contributed by atoms with Crippen LogP contribution in [0.1, 0.15) is 30.1 Å². The number of rotatable bonds is 7. The van der Waals surface area contributed by atoms with E-state index < -0.39 is 5.92 Å². The SMILES string of the molecule is CCOCc1nnc(N2CC(C(=O)NCc3nnc(C)o3)CC2=O)s1. The zero-order valence-electron chi connectivity index (χ0n) is 13.9. The van der Waals surface area contributed by atoms with Crippen molar-refractivity contribution >= 4 is 28.3 Å². The first-order valence-electron chi connectivity index (χ1n) is 7.84. The Kier molecular flexibility index (Phi) is 5.34. The highest BCUT2D eigenvalue weighted by Gasteiger charge is 2.36. The van der Waals surface area contributed by atoms with E-state index in [4.69, 9.17) is 9.15 Å². The molecule has 0 saturated carbocycles. The molecule has 25 heavy (non-hydrogen) atoms. The Hall–Kier alpha value is -2.40. The van der Waals surface area contributed by atoms with Gasteiger partial charge in [-0.25, -0.2) is 0 Å². The zero-order chi connectivity index (χ0) is 17.8. The van der Waals surface area contributed by atoms with Crippen LogP contribution < -0.4 is 10.2 Å². The fourth-order valence-corrected chi connectivity index (χ4v) is 3.19. The van der Waals surface area contributed by atoms with Gasteiger partial charge in [-0.15, -0.1) is 20.4 Å². The quantitative estimate of drug-likeness (QED) is 0.748. The molecule has 0 aliphatic carbocycles. The predicted octanol–water partition coefficient (Wildman–Crippen LogP) is 0.435. The van der Waals surface area contributed by atoms with E-state index in [0.29, 0.717) is 35.1 Å². The van der Waals surface area contributed by atoms with E-state index in [0.717, 1.165) is 0 Å². The molecule has 0 aromatic carbocycles. The Bertz CT molecular complexity index is 760. The third-order valence-corrected chi connectivity index (χ3v) is 4.51. The van der Waals surface area contributed by atoms with Crippen molar-refractivity contribution in [1.29, 1.82) is 0 Å². The number of ether oxygens (including phenoxy) is 1. The molecule has 2 aromatic heterocycles. The second kappa shape index (κ2) is 7.66. The minimum absolute atomic E-state index is 0.134. The topological polar surface area (TPSA) is 123 Å². The highest BCUT2D eigenvalue weighted by molar-refractivity contribution is 7.15. The molecule has 1 saturated heterocycles. The van der Waals surface area contributed by atoms with Crippen LogP contribution in [0.5, 0.6) is 0 Å². The number of carbonyl (C=O) groups excluding carboxylic acids is 2. The van der Waals surface area contributed by atoms with E-state index in [1.165, 1.54) is 16.2 Å². The lowest BCUT2D eigenvalue weighted by atomic mass is 10.1. The van der Waals surface area contributed by atoms with Gasteiger partial charge in [0.15, 0.2) is 0 Å². The van der Waals surface area contributed by atoms with Crippen LogP contribution >= 0.6 is 11.3 Å². The van der Waals surface area contributed by atoms with E-state index >= 15 is 0 Å². The third-order valence-electron chi connectivity index (χ3n) is 3.59. The number of carbonyl (C=O) groups is 2. The first-order valence-corrected chi connectivity index (χ1v) is 8.65. The molecule has 1 atom stereocenters. The largest absolute Gasteiger partial charge is 0.424 e. The maximum Gasteiger partial charge on any atom is 0.235 e. The number of aromatic nitrogens is 4. The van der Waals surface area contributed by atoms with Crippen LogP contribution in [0.25, 0.3) is 0 Å². The molecule has 1 aliphatic rings. The molecule has 0 radical (unpaired) electrons. The van der Waals surface area contributed by atoms with Gasteiger partial charge in [-0.2, -0.15) is 0 Å². The van der Waals surface area contributed by atoms with E-state index in [9.17, 15) is 9.59 Å². The summed E-state index contributed by atoms with van der Waals surface area (Å²) < 4.78 is 10.5. The smallest absolute Gasteiger partial charge is 0.235 e. The third kappa shape index (κ3) is 4.17. The normalized spacial score (nSPS) is 17.3. The fraction of sp³-hybridized carbons (Fsp3) is 0.571. The van der Waals surface area contributed by atoms with Crippen LogP contribution in [0.3, 0.4) is 0 Å². The number of hydrogen-bond donors (Lipinski definition) is 1. The number of amides is 2. The highest BCUT2D eigenvalue weighted by atomic mass is 32.1. The molecule has 1 unspecified atom stereocenters. The van der Waals surface area contributed by atoms with E-state index in [-0.39, 0.29) is 31.3 Å². The monoisotopic (exact) mass is 366 g/mol. The van der Waals surface area contributed by atoms with Gasteiger partial charge in [-0.3, -0.25) is 14.5 Å². The van der Waals surface area contributed by atoms with Crippen molar-refractivity contribution in [2.24, 2.45) is 5.92 Å². The molecule has 1 fully saturated rings. The summed E-state index contributed by atoms with van der Waals surface area (Å²) in [5.74, 6) is -0.0586. The molecule has 2 amide bonds. The van der Waals surface area contributed by atoms with Crippen molar-refractivity contribution < 1.29 is 18.7 Å². The van der Waals surface area contributed by atoms with Gasteiger partial charge in [0, 0.05) is 26.5 Å². The highest BCUT2D eigenvalue weighted by Crippen LogP contribution is 2.28. The lowest BCUT2D eigenvalue weighted by molar-refractivity contribution is -0.126. The number of nitrogens with one attached hydrogen (secondary N) is 1. The first kappa shape index (κ1) is 17.4. The van der Waals surface area contributed by atoms with Crippen LogP contribution in [0.4, 0.5) is 5.13 Å². The standard InChI is InChI=1S/C14H18N6O4S/c1-3-23-7-11-18-19-14(25-11)20-6-9(4-12(20)21)13(22)15-5-10-17-16-8(2)24-10/h9H,3-7H2,1-2H3,(H,15,22). The molecule has 0 bridgehead atoms. The Morgan fingerprint density at radius 3 is 2.96 bits per heavy atom.